The highest BCUT2D eigenvalue weighted by Crippen LogP contribution is 2.34. The first-order valence-corrected chi connectivity index (χ1v) is 5.98. The molecule has 1 atom stereocenters. The highest BCUT2D eigenvalue weighted by Gasteiger charge is 2.23. The lowest BCUT2D eigenvalue weighted by molar-refractivity contribution is 0.311. The van der Waals surface area contributed by atoms with E-state index >= 15 is 0 Å². The molecule has 1 N–H and O–H groups in total. The molecule has 1 unspecified atom stereocenters. The molecule has 0 aliphatic carbocycles. The van der Waals surface area contributed by atoms with Crippen LogP contribution in [-0.2, 0) is 0 Å². The molecule has 3 heteroatoms. The third-order valence-electron chi connectivity index (χ3n) is 2.71. The minimum Gasteiger partial charge on any atom is -0.494 e. The Morgan fingerprint density at radius 3 is 3.06 bits per heavy atom. The fraction of sp³-hybridized carbons (Fsp3) is 0.538. The van der Waals surface area contributed by atoms with E-state index in [0.29, 0.717) is 12.6 Å². The molecule has 88 valence electrons. The van der Waals surface area contributed by atoms with Crippen LogP contribution in [0.4, 0.5) is 0 Å². The molecule has 0 amide bonds. The van der Waals surface area contributed by atoms with Crippen LogP contribution in [-0.4, -0.2) is 19.8 Å². The van der Waals surface area contributed by atoms with Crippen LogP contribution in [0, 0.1) is 0 Å². The normalized spacial score (nSPS) is 18.0. The summed E-state index contributed by atoms with van der Waals surface area (Å²) in [7, 11) is 0. The Bertz CT molecular complexity index is 352. The molecule has 1 aliphatic rings. The maximum absolute atomic E-state index is 5.62. The molecular weight excluding hydrogens is 202 g/mol. The second kappa shape index (κ2) is 5.21. The molecule has 0 fully saturated rings. The highest BCUT2D eigenvalue weighted by atomic mass is 16.5. The zero-order valence-corrected chi connectivity index (χ0v) is 9.95. The summed E-state index contributed by atoms with van der Waals surface area (Å²) in [6.07, 6.45) is 1.14. The number of rotatable bonds is 5. The molecule has 0 aromatic heterocycles. The van der Waals surface area contributed by atoms with Crippen molar-refractivity contribution in [2.75, 3.05) is 19.8 Å². The first kappa shape index (κ1) is 11.3. The fourth-order valence-corrected chi connectivity index (χ4v) is 1.94. The summed E-state index contributed by atoms with van der Waals surface area (Å²) >= 11 is 0. The van der Waals surface area contributed by atoms with Crippen LogP contribution in [0.5, 0.6) is 11.5 Å². The minimum atomic E-state index is 0.315. The van der Waals surface area contributed by atoms with Crippen LogP contribution in [0.1, 0.15) is 31.9 Å². The van der Waals surface area contributed by atoms with Gasteiger partial charge in [-0.2, -0.15) is 0 Å². The molecule has 0 spiro atoms. The summed E-state index contributed by atoms with van der Waals surface area (Å²) in [5.74, 6) is 1.91. The predicted octanol–water partition coefficient (Wildman–Crippen LogP) is 2.52. The van der Waals surface area contributed by atoms with Crippen molar-refractivity contribution in [2.45, 2.75) is 26.3 Å². The second-order valence-corrected chi connectivity index (χ2v) is 3.95. The van der Waals surface area contributed by atoms with Gasteiger partial charge in [-0.05, 0) is 38.1 Å². The molecule has 0 bridgehead atoms. The molecule has 1 heterocycles. The van der Waals surface area contributed by atoms with Gasteiger partial charge >= 0.3 is 0 Å². The van der Waals surface area contributed by atoms with Gasteiger partial charge in [-0.15, -0.1) is 0 Å². The maximum Gasteiger partial charge on any atom is 0.124 e. The van der Waals surface area contributed by atoms with Gasteiger partial charge in [0, 0.05) is 5.56 Å². The summed E-state index contributed by atoms with van der Waals surface area (Å²) in [6, 6.07) is 6.35. The molecule has 1 aromatic carbocycles. The largest absolute Gasteiger partial charge is 0.494 e. The maximum atomic E-state index is 5.62. The van der Waals surface area contributed by atoms with Crippen molar-refractivity contribution in [3.8, 4) is 11.5 Å². The van der Waals surface area contributed by atoms with Crippen LogP contribution >= 0.6 is 0 Å². The van der Waals surface area contributed by atoms with E-state index in [1.165, 1.54) is 5.56 Å². The van der Waals surface area contributed by atoms with Crippen molar-refractivity contribution in [3.63, 3.8) is 0 Å². The number of ether oxygens (including phenoxy) is 2. The van der Waals surface area contributed by atoms with Crippen LogP contribution in [0.2, 0.25) is 0 Å². The van der Waals surface area contributed by atoms with Crippen LogP contribution in [0.15, 0.2) is 18.2 Å². The summed E-state index contributed by atoms with van der Waals surface area (Å²) in [5, 5.41) is 3.48. The first-order valence-electron chi connectivity index (χ1n) is 5.98. The van der Waals surface area contributed by atoms with E-state index in [4.69, 9.17) is 9.47 Å². The standard InChI is InChI=1S/C13H19NO2/c1-3-7-14-12-9-16-13-6-5-10(15-4-2)8-11(12)13/h5-6,8,12,14H,3-4,7,9H2,1-2H3. The Kier molecular flexibility index (Phi) is 3.67. The SMILES string of the molecule is CCCNC1COc2ccc(OCC)cc21. The molecule has 0 radical (unpaired) electrons. The van der Waals surface area contributed by atoms with E-state index in [-0.39, 0.29) is 0 Å². The predicted molar refractivity (Wildman–Crippen MR) is 64.1 cm³/mol. The van der Waals surface area contributed by atoms with E-state index in [2.05, 4.69) is 18.3 Å². The quantitative estimate of drug-likeness (QED) is 0.828. The van der Waals surface area contributed by atoms with Gasteiger partial charge in [0.05, 0.1) is 12.6 Å². The van der Waals surface area contributed by atoms with Gasteiger partial charge in [-0.25, -0.2) is 0 Å². The van der Waals surface area contributed by atoms with Gasteiger partial charge < -0.3 is 14.8 Å². The third kappa shape index (κ3) is 2.30. The molecule has 16 heavy (non-hydrogen) atoms. The smallest absolute Gasteiger partial charge is 0.124 e. The first-order chi connectivity index (χ1) is 7.85. The van der Waals surface area contributed by atoms with Crippen molar-refractivity contribution >= 4 is 0 Å². The lowest BCUT2D eigenvalue weighted by Gasteiger charge is -2.11. The molecule has 1 aromatic rings. The van der Waals surface area contributed by atoms with Gasteiger partial charge in [0.25, 0.3) is 0 Å². The summed E-state index contributed by atoms with van der Waals surface area (Å²) in [5.41, 5.74) is 1.22. The molecule has 0 saturated carbocycles. The van der Waals surface area contributed by atoms with Crippen molar-refractivity contribution in [1.29, 1.82) is 0 Å². The van der Waals surface area contributed by atoms with Crippen molar-refractivity contribution in [2.24, 2.45) is 0 Å². The van der Waals surface area contributed by atoms with Crippen molar-refractivity contribution in [3.05, 3.63) is 23.8 Å². The monoisotopic (exact) mass is 221 g/mol. The average molecular weight is 221 g/mol. The Labute approximate surface area is 96.8 Å². The minimum absolute atomic E-state index is 0.315. The zero-order valence-electron chi connectivity index (χ0n) is 9.95. The van der Waals surface area contributed by atoms with Crippen LogP contribution < -0.4 is 14.8 Å². The van der Waals surface area contributed by atoms with Gasteiger partial charge in [0.15, 0.2) is 0 Å². The summed E-state index contributed by atoms with van der Waals surface area (Å²) in [4.78, 5) is 0. The van der Waals surface area contributed by atoms with E-state index < -0.39 is 0 Å². The molecule has 2 rings (SSSR count). The molecule has 3 nitrogen and oxygen atoms in total. The fourth-order valence-electron chi connectivity index (χ4n) is 1.94. The zero-order chi connectivity index (χ0) is 11.4. The second-order valence-electron chi connectivity index (χ2n) is 3.95. The summed E-state index contributed by atoms with van der Waals surface area (Å²) < 4.78 is 11.1. The van der Waals surface area contributed by atoms with Crippen LogP contribution in [0.25, 0.3) is 0 Å². The molecule has 1 aliphatic heterocycles. The van der Waals surface area contributed by atoms with Gasteiger partial charge in [0.2, 0.25) is 0 Å². The number of benzene rings is 1. The van der Waals surface area contributed by atoms with Crippen molar-refractivity contribution in [1.82, 2.24) is 5.32 Å². The number of fused-ring (bicyclic) bond motifs is 1. The van der Waals surface area contributed by atoms with E-state index in [9.17, 15) is 0 Å². The molecular formula is C13H19NO2. The number of hydrogen-bond donors (Lipinski definition) is 1. The lowest BCUT2D eigenvalue weighted by atomic mass is 10.1. The lowest BCUT2D eigenvalue weighted by Crippen LogP contribution is -2.23. The highest BCUT2D eigenvalue weighted by molar-refractivity contribution is 5.44. The van der Waals surface area contributed by atoms with Gasteiger partial charge in [0.1, 0.15) is 18.1 Å². The summed E-state index contributed by atoms with van der Waals surface area (Å²) in [6.45, 7) is 6.61. The average Bonchev–Trinajstić information content (AvgIpc) is 2.69. The Hall–Kier alpha value is -1.22. The van der Waals surface area contributed by atoms with E-state index in [1.807, 2.05) is 19.1 Å². The Morgan fingerprint density at radius 1 is 1.44 bits per heavy atom. The van der Waals surface area contributed by atoms with Gasteiger partial charge in [-0.3, -0.25) is 0 Å². The van der Waals surface area contributed by atoms with Crippen LogP contribution in [0.3, 0.4) is 0 Å². The third-order valence-corrected chi connectivity index (χ3v) is 2.71. The Balaban J connectivity index is 2.13. The number of hydrogen-bond acceptors (Lipinski definition) is 3. The van der Waals surface area contributed by atoms with E-state index in [1.54, 1.807) is 0 Å². The molecule has 0 saturated heterocycles. The van der Waals surface area contributed by atoms with Gasteiger partial charge in [-0.1, -0.05) is 6.92 Å². The Morgan fingerprint density at radius 2 is 2.31 bits per heavy atom. The van der Waals surface area contributed by atoms with Crippen molar-refractivity contribution < 1.29 is 9.47 Å². The number of nitrogens with one attached hydrogen (secondary N) is 1. The van der Waals surface area contributed by atoms with E-state index in [0.717, 1.165) is 31.1 Å². The topological polar surface area (TPSA) is 30.5 Å².